The fourth-order valence-corrected chi connectivity index (χ4v) is 4.13. The zero-order valence-electron chi connectivity index (χ0n) is 18.0. The minimum absolute atomic E-state index is 0.00793. The molecule has 1 aliphatic heterocycles. The van der Waals surface area contributed by atoms with Crippen molar-refractivity contribution in [3.05, 3.63) is 64.1 Å². The molecule has 0 saturated carbocycles. The van der Waals surface area contributed by atoms with Gasteiger partial charge in [0, 0.05) is 5.56 Å². The molecule has 8 nitrogen and oxygen atoms in total. The summed E-state index contributed by atoms with van der Waals surface area (Å²) in [6.07, 6.45) is 1.51. The molecule has 0 unspecified atom stereocenters. The van der Waals surface area contributed by atoms with Gasteiger partial charge in [0.25, 0.3) is 11.8 Å². The molecular formula is C23H22N2O6S2. The largest absolute Gasteiger partial charge is 0.490 e. The number of benzene rings is 2. The van der Waals surface area contributed by atoms with Crippen LogP contribution in [0.1, 0.15) is 34.8 Å². The van der Waals surface area contributed by atoms with Crippen LogP contribution in [-0.2, 0) is 9.59 Å². The van der Waals surface area contributed by atoms with E-state index < -0.39 is 17.8 Å². The molecule has 2 amide bonds. The zero-order valence-corrected chi connectivity index (χ0v) is 19.6. The van der Waals surface area contributed by atoms with Crippen molar-refractivity contribution in [2.75, 3.05) is 13.2 Å². The van der Waals surface area contributed by atoms with Gasteiger partial charge in [-0.2, -0.15) is 5.01 Å². The molecule has 1 heterocycles. The number of hydrogen-bond acceptors (Lipinski definition) is 7. The Morgan fingerprint density at radius 1 is 1.18 bits per heavy atom. The third kappa shape index (κ3) is 6.11. The van der Waals surface area contributed by atoms with Gasteiger partial charge in [-0.1, -0.05) is 36.0 Å². The van der Waals surface area contributed by atoms with Gasteiger partial charge in [-0.25, -0.2) is 0 Å². The van der Waals surface area contributed by atoms with E-state index in [1.165, 1.54) is 0 Å². The number of nitrogens with zero attached hydrogens (tertiary/aromatic N) is 1. The molecule has 3 rings (SSSR count). The molecule has 1 aliphatic rings. The minimum atomic E-state index is -0.957. The Hall–Kier alpha value is -3.37. The Morgan fingerprint density at radius 2 is 1.94 bits per heavy atom. The Morgan fingerprint density at radius 3 is 2.64 bits per heavy atom. The summed E-state index contributed by atoms with van der Waals surface area (Å²) < 4.78 is 11.3. The Balaban J connectivity index is 1.76. The first-order valence-electron chi connectivity index (χ1n) is 10.1. The fraction of sp³-hybridized carbons (Fsp3) is 0.217. The Labute approximate surface area is 200 Å². The van der Waals surface area contributed by atoms with Crippen LogP contribution in [-0.4, -0.2) is 45.4 Å². The van der Waals surface area contributed by atoms with Crippen molar-refractivity contribution in [3.63, 3.8) is 0 Å². The topological polar surface area (TPSA) is 105 Å². The lowest BCUT2D eigenvalue weighted by Gasteiger charge is -2.16. The predicted molar refractivity (Wildman–Crippen MR) is 129 cm³/mol. The third-order valence-corrected chi connectivity index (χ3v) is 5.84. The number of hydrogen-bond donors (Lipinski definition) is 2. The van der Waals surface area contributed by atoms with Gasteiger partial charge in [-0.3, -0.25) is 19.8 Å². The van der Waals surface area contributed by atoms with Crippen molar-refractivity contribution >= 4 is 52.2 Å². The minimum Gasteiger partial charge on any atom is -0.490 e. The average Bonchev–Trinajstić information content (AvgIpc) is 3.02. The number of thioether (sulfide) groups is 1. The number of carboxylic acid groups (broad SMARTS) is 1. The predicted octanol–water partition coefficient (Wildman–Crippen LogP) is 3.79. The number of carboxylic acids is 1. The van der Waals surface area contributed by atoms with Crippen LogP contribution in [0.15, 0.2) is 47.4 Å². The summed E-state index contributed by atoms with van der Waals surface area (Å²) in [5, 5.41) is 9.84. The number of amides is 2. The molecule has 0 atom stereocenters. The number of nitrogens with one attached hydrogen (secondary N) is 1. The van der Waals surface area contributed by atoms with Crippen LogP contribution in [0.5, 0.6) is 11.5 Å². The van der Waals surface area contributed by atoms with E-state index in [4.69, 9.17) is 26.8 Å². The highest BCUT2D eigenvalue weighted by atomic mass is 32.2. The zero-order chi connectivity index (χ0) is 24.0. The second-order valence-electron chi connectivity index (χ2n) is 6.90. The van der Waals surface area contributed by atoms with Gasteiger partial charge in [0.05, 0.1) is 24.5 Å². The van der Waals surface area contributed by atoms with E-state index in [1.807, 2.05) is 26.0 Å². The number of rotatable bonds is 9. The first-order valence-corrected chi connectivity index (χ1v) is 11.3. The first kappa shape index (κ1) is 24.3. The second kappa shape index (κ2) is 11.0. The lowest BCUT2D eigenvalue weighted by atomic mass is 10.1. The van der Waals surface area contributed by atoms with E-state index in [2.05, 4.69) is 5.43 Å². The summed E-state index contributed by atoms with van der Waals surface area (Å²) >= 11 is 6.36. The van der Waals surface area contributed by atoms with E-state index >= 15 is 0 Å². The van der Waals surface area contributed by atoms with Gasteiger partial charge in [0.1, 0.15) is 0 Å². The Bertz CT molecular complexity index is 1130. The van der Waals surface area contributed by atoms with Crippen LogP contribution in [0.2, 0.25) is 0 Å². The quantitative estimate of drug-likeness (QED) is 0.407. The maximum absolute atomic E-state index is 12.9. The molecule has 33 heavy (non-hydrogen) atoms. The van der Waals surface area contributed by atoms with E-state index in [0.717, 1.165) is 22.3 Å². The van der Waals surface area contributed by atoms with Gasteiger partial charge >= 0.3 is 5.97 Å². The lowest BCUT2D eigenvalue weighted by Crippen LogP contribution is -2.45. The summed E-state index contributed by atoms with van der Waals surface area (Å²) in [5.74, 6) is -0.979. The molecule has 0 aromatic heterocycles. The number of aryl methyl sites for hydroxylation is 1. The fourth-order valence-electron chi connectivity index (χ4n) is 2.96. The van der Waals surface area contributed by atoms with Crippen LogP contribution < -0.4 is 14.9 Å². The molecular weight excluding hydrogens is 464 g/mol. The van der Waals surface area contributed by atoms with Crippen molar-refractivity contribution in [1.82, 2.24) is 10.4 Å². The highest BCUT2D eigenvalue weighted by molar-refractivity contribution is 8.26. The maximum Gasteiger partial charge on any atom is 0.306 e. The van der Waals surface area contributed by atoms with Gasteiger partial charge in [0.15, 0.2) is 15.8 Å². The number of aliphatic carboxylic acids is 1. The van der Waals surface area contributed by atoms with E-state index in [-0.39, 0.29) is 17.3 Å². The number of ether oxygens (including phenoxy) is 2. The number of thiocarbonyl (C=S) groups is 1. The molecule has 10 heteroatoms. The monoisotopic (exact) mass is 486 g/mol. The van der Waals surface area contributed by atoms with Gasteiger partial charge < -0.3 is 14.6 Å². The highest BCUT2D eigenvalue weighted by Gasteiger charge is 2.34. The first-order chi connectivity index (χ1) is 15.8. The summed E-state index contributed by atoms with van der Waals surface area (Å²) in [5.41, 5.74) is 4.47. The van der Waals surface area contributed by atoms with E-state index in [9.17, 15) is 14.4 Å². The molecule has 1 saturated heterocycles. The number of carbonyl (C=O) groups is 3. The van der Waals surface area contributed by atoms with Crippen molar-refractivity contribution in [3.8, 4) is 11.5 Å². The summed E-state index contributed by atoms with van der Waals surface area (Å²) in [6, 6.07) is 12.1. The number of carbonyl (C=O) groups excluding carboxylic acids is 2. The van der Waals surface area contributed by atoms with Crippen LogP contribution in [0.4, 0.5) is 0 Å². The summed E-state index contributed by atoms with van der Waals surface area (Å²) in [4.78, 5) is 36.5. The van der Waals surface area contributed by atoms with Crippen molar-refractivity contribution in [2.45, 2.75) is 20.3 Å². The van der Waals surface area contributed by atoms with Crippen molar-refractivity contribution in [1.29, 1.82) is 0 Å². The standard InChI is InChI=1S/C23H22N2O6S2/c1-3-30-18-12-15(8-9-17(18)31-11-10-20(26)27)13-19-22(29)25(23(32)33-19)24-21(28)16-7-5-4-6-14(16)2/h4-9,12-13H,3,10-11H2,1-2H3,(H,24,28)(H,26,27)/b19-13+. The lowest BCUT2D eigenvalue weighted by molar-refractivity contribution is -0.137. The molecule has 2 aromatic rings. The van der Waals surface area contributed by atoms with Crippen molar-refractivity contribution in [2.24, 2.45) is 0 Å². The molecule has 1 fully saturated rings. The molecule has 0 radical (unpaired) electrons. The van der Waals surface area contributed by atoms with Crippen LogP contribution >= 0.6 is 24.0 Å². The highest BCUT2D eigenvalue weighted by Crippen LogP contribution is 2.34. The van der Waals surface area contributed by atoms with Crippen molar-refractivity contribution < 1.29 is 29.0 Å². The average molecular weight is 487 g/mol. The normalized spacial score (nSPS) is 14.5. The molecule has 2 aromatic carbocycles. The van der Waals surface area contributed by atoms with Gasteiger partial charge in [-0.15, -0.1) is 0 Å². The van der Waals surface area contributed by atoms with Gasteiger partial charge in [0.2, 0.25) is 0 Å². The molecule has 2 N–H and O–H groups in total. The molecule has 0 bridgehead atoms. The molecule has 0 spiro atoms. The van der Waals surface area contributed by atoms with E-state index in [1.54, 1.807) is 36.4 Å². The SMILES string of the molecule is CCOc1cc(/C=C2/SC(=S)N(NC(=O)c3ccccc3C)C2=O)ccc1OCCC(=O)O. The summed E-state index contributed by atoms with van der Waals surface area (Å²) in [6.45, 7) is 4.01. The van der Waals surface area contributed by atoms with Crippen LogP contribution in [0.25, 0.3) is 6.08 Å². The third-order valence-electron chi connectivity index (χ3n) is 4.54. The number of hydrazine groups is 1. The van der Waals surface area contributed by atoms with Crippen LogP contribution in [0, 0.1) is 6.92 Å². The van der Waals surface area contributed by atoms with E-state index in [0.29, 0.717) is 34.1 Å². The Kier molecular flexibility index (Phi) is 8.07. The molecule has 172 valence electrons. The summed E-state index contributed by atoms with van der Waals surface area (Å²) in [7, 11) is 0. The van der Waals surface area contributed by atoms with Gasteiger partial charge in [-0.05, 0) is 61.5 Å². The van der Waals surface area contributed by atoms with Crippen LogP contribution in [0.3, 0.4) is 0 Å². The molecule has 0 aliphatic carbocycles. The second-order valence-corrected chi connectivity index (χ2v) is 8.58. The smallest absolute Gasteiger partial charge is 0.306 e. The maximum atomic E-state index is 12.9.